The second kappa shape index (κ2) is 8.87. The molecule has 1 amide bonds. The van der Waals surface area contributed by atoms with Gasteiger partial charge in [-0.15, -0.1) is 0 Å². The number of hydrogen-bond acceptors (Lipinski definition) is 3. The van der Waals surface area contributed by atoms with Crippen molar-refractivity contribution in [2.75, 3.05) is 31.1 Å². The lowest BCUT2D eigenvalue weighted by Crippen LogP contribution is -2.52. The Kier molecular flexibility index (Phi) is 6.50. The Bertz CT molecular complexity index is 844. The molecule has 0 radical (unpaired) electrons. The SMILES string of the molecule is CC[C@@H](Oc1cc(C)ccc1C)C(=O)N1CCN(c2cc(Cl)ccc2C)CC1. The molecule has 0 bridgehead atoms. The molecule has 1 saturated heterocycles. The predicted molar refractivity (Wildman–Crippen MR) is 116 cm³/mol. The van der Waals surface area contributed by atoms with Crippen LogP contribution in [0, 0.1) is 20.8 Å². The van der Waals surface area contributed by atoms with Gasteiger partial charge in [-0.1, -0.05) is 36.7 Å². The number of carbonyl (C=O) groups is 1. The van der Waals surface area contributed by atoms with E-state index in [1.54, 1.807) is 0 Å². The molecule has 2 aromatic carbocycles. The number of amides is 1. The minimum absolute atomic E-state index is 0.0749. The van der Waals surface area contributed by atoms with E-state index in [2.05, 4.69) is 17.9 Å². The molecule has 28 heavy (non-hydrogen) atoms. The fourth-order valence-corrected chi connectivity index (χ4v) is 3.76. The van der Waals surface area contributed by atoms with Crippen molar-refractivity contribution in [3.8, 4) is 5.75 Å². The first-order valence-electron chi connectivity index (χ1n) is 9.93. The molecule has 4 nitrogen and oxygen atoms in total. The summed E-state index contributed by atoms with van der Waals surface area (Å²) < 4.78 is 6.11. The Morgan fingerprint density at radius 3 is 2.39 bits per heavy atom. The molecule has 1 fully saturated rings. The van der Waals surface area contributed by atoms with Gasteiger partial charge in [0.05, 0.1) is 0 Å². The number of nitrogens with zero attached hydrogens (tertiary/aromatic N) is 2. The van der Waals surface area contributed by atoms with Gasteiger partial charge in [-0.2, -0.15) is 0 Å². The smallest absolute Gasteiger partial charge is 0.263 e. The van der Waals surface area contributed by atoms with Crippen LogP contribution in [0.15, 0.2) is 36.4 Å². The molecule has 150 valence electrons. The van der Waals surface area contributed by atoms with Crippen LogP contribution in [0.1, 0.15) is 30.0 Å². The summed E-state index contributed by atoms with van der Waals surface area (Å²) in [5.41, 5.74) is 4.54. The molecule has 3 rings (SSSR count). The highest BCUT2D eigenvalue weighted by molar-refractivity contribution is 6.30. The van der Waals surface area contributed by atoms with E-state index in [1.165, 1.54) is 5.56 Å². The van der Waals surface area contributed by atoms with Crippen LogP contribution in [0.25, 0.3) is 0 Å². The van der Waals surface area contributed by atoms with E-state index in [1.807, 2.05) is 56.0 Å². The molecule has 0 saturated carbocycles. The molecule has 0 aromatic heterocycles. The van der Waals surface area contributed by atoms with Gasteiger partial charge in [0, 0.05) is 36.9 Å². The lowest BCUT2D eigenvalue weighted by molar-refractivity contribution is -0.139. The summed E-state index contributed by atoms with van der Waals surface area (Å²) in [6.45, 7) is 11.1. The zero-order chi connectivity index (χ0) is 20.3. The van der Waals surface area contributed by atoms with Gasteiger partial charge in [-0.25, -0.2) is 0 Å². The Morgan fingerprint density at radius 1 is 1.04 bits per heavy atom. The third-order valence-corrected chi connectivity index (χ3v) is 5.60. The summed E-state index contributed by atoms with van der Waals surface area (Å²) in [5, 5.41) is 0.743. The number of benzene rings is 2. The van der Waals surface area contributed by atoms with Gasteiger partial charge >= 0.3 is 0 Å². The molecule has 0 N–H and O–H groups in total. The molecule has 0 aliphatic carbocycles. The van der Waals surface area contributed by atoms with Crippen LogP contribution in [0.4, 0.5) is 5.69 Å². The van der Waals surface area contributed by atoms with Crippen LogP contribution in [0.5, 0.6) is 5.75 Å². The number of anilines is 1. The molecule has 5 heteroatoms. The average molecular weight is 401 g/mol. The molecule has 0 spiro atoms. The van der Waals surface area contributed by atoms with Gasteiger partial charge in [0.25, 0.3) is 5.91 Å². The standard InChI is InChI=1S/C23H29ClN2O2/c1-5-21(28-22-14-16(2)6-7-18(22)4)23(27)26-12-10-25(11-13-26)20-15-19(24)9-8-17(20)3/h6-9,14-15,21H,5,10-13H2,1-4H3/t21-/m1/s1. The van der Waals surface area contributed by atoms with Gasteiger partial charge in [0.2, 0.25) is 0 Å². The average Bonchev–Trinajstić information content (AvgIpc) is 2.70. The van der Waals surface area contributed by atoms with Gasteiger partial charge in [0.1, 0.15) is 5.75 Å². The van der Waals surface area contributed by atoms with Crippen molar-refractivity contribution >= 4 is 23.2 Å². The zero-order valence-electron chi connectivity index (χ0n) is 17.2. The number of piperazine rings is 1. The second-order valence-corrected chi connectivity index (χ2v) is 7.96. The molecule has 1 atom stereocenters. The van der Waals surface area contributed by atoms with E-state index in [9.17, 15) is 4.79 Å². The quantitative estimate of drug-likeness (QED) is 0.724. The lowest BCUT2D eigenvalue weighted by atomic mass is 10.1. The van der Waals surface area contributed by atoms with E-state index in [0.29, 0.717) is 19.5 Å². The number of aryl methyl sites for hydroxylation is 3. The summed E-state index contributed by atoms with van der Waals surface area (Å²) >= 11 is 6.17. The first-order chi connectivity index (χ1) is 13.4. The minimum atomic E-state index is -0.444. The van der Waals surface area contributed by atoms with Gasteiger partial charge < -0.3 is 14.5 Å². The Balaban J connectivity index is 1.64. The molecule has 1 aliphatic heterocycles. The zero-order valence-corrected chi connectivity index (χ0v) is 17.9. The second-order valence-electron chi connectivity index (χ2n) is 7.53. The van der Waals surface area contributed by atoms with Crippen molar-refractivity contribution in [3.63, 3.8) is 0 Å². The van der Waals surface area contributed by atoms with E-state index < -0.39 is 6.10 Å². The first-order valence-corrected chi connectivity index (χ1v) is 10.3. The molecular weight excluding hydrogens is 372 g/mol. The third kappa shape index (κ3) is 4.61. The summed E-state index contributed by atoms with van der Waals surface area (Å²) in [6, 6.07) is 12.1. The van der Waals surface area contributed by atoms with E-state index >= 15 is 0 Å². The van der Waals surface area contributed by atoms with Crippen LogP contribution in [0.2, 0.25) is 5.02 Å². The van der Waals surface area contributed by atoms with E-state index in [0.717, 1.165) is 40.7 Å². The highest BCUT2D eigenvalue weighted by Gasteiger charge is 2.28. The topological polar surface area (TPSA) is 32.8 Å². The highest BCUT2D eigenvalue weighted by atomic mass is 35.5. The summed E-state index contributed by atoms with van der Waals surface area (Å²) in [6.07, 6.45) is 0.208. The van der Waals surface area contributed by atoms with Crippen LogP contribution < -0.4 is 9.64 Å². The van der Waals surface area contributed by atoms with Crippen molar-refractivity contribution in [2.45, 2.75) is 40.2 Å². The normalized spacial score (nSPS) is 15.5. The third-order valence-electron chi connectivity index (χ3n) is 5.36. The monoisotopic (exact) mass is 400 g/mol. The molecular formula is C23H29ClN2O2. The fourth-order valence-electron chi connectivity index (χ4n) is 3.59. The van der Waals surface area contributed by atoms with Gasteiger partial charge in [-0.05, 0) is 62.1 Å². The predicted octanol–water partition coefficient (Wildman–Crippen LogP) is 4.77. The van der Waals surface area contributed by atoms with Gasteiger partial charge in [-0.3, -0.25) is 4.79 Å². The first kappa shape index (κ1) is 20.5. The summed E-state index contributed by atoms with van der Waals surface area (Å²) in [7, 11) is 0. The van der Waals surface area contributed by atoms with E-state index in [-0.39, 0.29) is 5.91 Å². The van der Waals surface area contributed by atoms with Crippen LogP contribution in [0.3, 0.4) is 0 Å². The molecule has 1 heterocycles. The van der Waals surface area contributed by atoms with E-state index in [4.69, 9.17) is 16.3 Å². The van der Waals surface area contributed by atoms with Crippen LogP contribution >= 0.6 is 11.6 Å². The number of carbonyl (C=O) groups excluding carboxylic acids is 1. The summed E-state index contributed by atoms with van der Waals surface area (Å²) in [5.74, 6) is 0.874. The van der Waals surface area contributed by atoms with Crippen molar-refractivity contribution < 1.29 is 9.53 Å². The number of ether oxygens (including phenoxy) is 1. The van der Waals surface area contributed by atoms with Crippen LogP contribution in [-0.4, -0.2) is 43.1 Å². The van der Waals surface area contributed by atoms with Crippen molar-refractivity contribution in [3.05, 3.63) is 58.1 Å². The number of rotatable bonds is 5. The Morgan fingerprint density at radius 2 is 1.71 bits per heavy atom. The van der Waals surface area contributed by atoms with Gasteiger partial charge in [0.15, 0.2) is 6.10 Å². The number of halogens is 1. The fraction of sp³-hybridized carbons (Fsp3) is 0.435. The lowest BCUT2D eigenvalue weighted by Gasteiger charge is -2.38. The molecule has 1 aliphatic rings. The maximum absolute atomic E-state index is 13.1. The minimum Gasteiger partial charge on any atom is -0.480 e. The Hall–Kier alpha value is -2.20. The molecule has 0 unspecified atom stereocenters. The number of hydrogen-bond donors (Lipinski definition) is 0. The summed E-state index contributed by atoms with van der Waals surface area (Å²) in [4.78, 5) is 17.3. The maximum Gasteiger partial charge on any atom is 0.263 e. The van der Waals surface area contributed by atoms with Crippen LogP contribution in [-0.2, 0) is 4.79 Å². The van der Waals surface area contributed by atoms with Crippen molar-refractivity contribution in [1.29, 1.82) is 0 Å². The largest absolute Gasteiger partial charge is 0.480 e. The molecule has 2 aromatic rings. The van der Waals surface area contributed by atoms with Crippen molar-refractivity contribution in [2.24, 2.45) is 0 Å². The van der Waals surface area contributed by atoms with Crippen molar-refractivity contribution in [1.82, 2.24) is 4.90 Å². The Labute approximate surface area is 173 Å². The highest BCUT2D eigenvalue weighted by Crippen LogP contribution is 2.26. The maximum atomic E-state index is 13.1.